The smallest absolute Gasteiger partial charge is 0.0420 e. The van der Waals surface area contributed by atoms with Crippen LogP contribution in [0.3, 0.4) is 0 Å². The number of nitrogens with one attached hydrogen (secondary N) is 1. The SMILES string of the molecule is CC(C)CCC(Cc1ccc(Br)cn1)NN. The van der Waals surface area contributed by atoms with Crippen molar-refractivity contribution >= 4 is 15.9 Å². The van der Waals surface area contributed by atoms with E-state index >= 15 is 0 Å². The molecular weight excluding hydrogens is 266 g/mol. The van der Waals surface area contributed by atoms with E-state index in [2.05, 4.69) is 40.2 Å². The van der Waals surface area contributed by atoms with Crippen LogP contribution in [0.25, 0.3) is 0 Å². The second kappa shape index (κ2) is 6.99. The van der Waals surface area contributed by atoms with Crippen LogP contribution in [0.2, 0.25) is 0 Å². The lowest BCUT2D eigenvalue weighted by molar-refractivity contribution is 0.432. The summed E-state index contributed by atoms with van der Waals surface area (Å²) in [5.74, 6) is 6.27. The average molecular weight is 286 g/mol. The first-order valence-corrected chi connectivity index (χ1v) is 6.47. The monoisotopic (exact) mass is 285 g/mol. The summed E-state index contributed by atoms with van der Waals surface area (Å²) < 4.78 is 1.01. The minimum absolute atomic E-state index is 0.316. The zero-order valence-electron chi connectivity index (χ0n) is 9.91. The summed E-state index contributed by atoms with van der Waals surface area (Å²) in [4.78, 5) is 4.35. The van der Waals surface area contributed by atoms with Gasteiger partial charge in [-0.3, -0.25) is 16.3 Å². The Labute approximate surface area is 106 Å². The molecule has 4 heteroatoms. The van der Waals surface area contributed by atoms with Crippen LogP contribution in [0.1, 0.15) is 32.4 Å². The van der Waals surface area contributed by atoms with E-state index in [9.17, 15) is 0 Å². The number of hydrazine groups is 1. The number of nitrogens with two attached hydrogens (primary N) is 1. The van der Waals surface area contributed by atoms with Gasteiger partial charge in [-0.15, -0.1) is 0 Å². The molecule has 16 heavy (non-hydrogen) atoms. The number of hydrogen-bond acceptors (Lipinski definition) is 3. The van der Waals surface area contributed by atoms with E-state index in [0.717, 1.165) is 23.0 Å². The van der Waals surface area contributed by atoms with Gasteiger partial charge in [-0.1, -0.05) is 13.8 Å². The normalized spacial score (nSPS) is 13.1. The summed E-state index contributed by atoms with van der Waals surface area (Å²) in [5, 5.41) is 0. The van der Waals surface area contributed by atoms with E-state index in [0.29, 0.717) is 12.0 Å². The Morgan fingerprint density at radius 1 is 1.38 bits per heavy atom. The molecule has 1 rings (SSSR count). The first-order valence-electron chi connectivity index (χ1n) is 5.68. The van der Waals surface area contributed by atoms with E-state index in [1.54, 1.807) is 0 Å². The van der Waals surface area contributed by atoms with Crippen molar-refractivity contribution in [1.82, 2.24) is 10.4 Å². The van der Waals surface area contributed by atoms with Crippen LogP contribution < -0.4 is 11.3 Å². The van der Waals surface area contributed by atoms with Crippen molar-refractivity contribution in [1.29, 1.82) is 0 Å². The average Bonchev–Trinajstić information content (AvgIpc) is 2.26. The molecule has 0 aliphatic rings. The van der Waals surface area contributed by atoms with Crippen LogP contribution in [0.4, 0.5) is 0 Å². The van der Waals surface area contributed by atoms with Gasteiger partial charge in [0.1, 0.15) is 0 Å². The van der Waals surface area contributed by atoms with Crippen LogP contribution in [0, 0.1) is 5.92 Å². The molecule has 1 aromatic heterocycles. The fourth-order valence-corrected chi connectivity index (χ4v) is 1.79. The molecule has 1 heterocycles. The van der Waals surface area contributed by atoms with Gasteiger partial charge in [-0.05, 0) is 46.8 Å². The highest BCUT2D eigenvalue weighted by atomic mass is 79.9. The lowest BCUT2D eigenvalue weighted by atomic mass is 10.0. The van der Waals surface area contributed by atoms with Gasteiger partial charge in [0.2, 0.25) is 0 Å². The van der Waals surface area contributed by atoms with Crippen molar-refractivity contribution in [2.45, 2.75) is 39.2 Å². The predicted octanol–water partition coefficient (Wildman–Crippen LogP) is 2.65. The predicted molar refractivity (Wildman–Crippen MR) is 70.8 cm³/mol. The van der Waals surface area contributed by atoms with Gasteiger partial charge < -0.3 is 0 Å². The third-order valence-corrected chi connectivity index (χ3v) is 3.04. The molecule has 0 aliphatic heterocycles. The Bertz CT molecular complexity index is 298. The van der Waals surface area contributed by atoms with Crippen LogP contribution in [-0.2, 0) is 6.42 Å². The van der Waals surface area contributed by atoms with E-state index in [-0.39, 0.29) is 0 Å². The molecule has 90 valence electrons. The van der Waals surface area contributed by atoms with E-state index < -0.39 is 0 Å². The van der Waals surface area contributed by atoms with Crippen LogP contribution in [-0.4, -0.2) is 11.0 Å². The largest absolute Gasteiger partial charge is 0.271 e. The second-order valence-corrected chi connectivity index (χ2v) is 5.42. The maximum atomic E-state index is 5.55. The summed E-state index contributed by atoms with van der Waals surface area (Å²) in [6.07, 6.45) is 4.99. The Kier molecular flexibility index (Phi) is 5.95. The molecule has 0 radical (unpaired) electrons. The fraction of sp³-hybridized carbons (Fsp3) is 0.583. The zero-order chi connectivity index (χ0) is 12.0. The van der Waals surface area contributed by atoms with Crippen LogP contribution in [0.15, 0.2) is 22.8 Å². The third kappa shape index (κ3) is 5.05. The van der Waals surface area contributed by atoms with Crippen molar-refractivity contribution in [2.75, 3.05) is 0 Å². The highest BCUT2D eigenvalue weighted by molar-refractivity contribution is 9.10. The first-order chi connectivity index (χ1) is 7.61. The van der Waals surface area contributed by atoms with Crippen molar-refractivity contribution in [3.8, 4) is 0 Å². The van der Waals surface area contributed by atoms with Crippen molar-refractivity contribution in [2.24, 2.45) is 11.8 Å². The summed E-state index contributed by atoms with van der Waals surface area (Å²) in [7, 11) is 0. The number of rotatable bonds is 6. The molecule has 0 aromatic carbocycles. The Morgan fingerprint density at radius 3 is 2.62 bits per heavy atom. The molecule has 0 spiro atoms. The Balaban J connectivity index is 2.46. The van der Waals surface area contributed by atoms with Gasteiger partial charge in [0.25, 0.3) is 0 Å². The van der Waals surface area contributed by atoms with E-state index in [1.165, 1.54) is 6.42 Å². The van der Waals surface area contributed by atoms with Crippen molar-refractivity contribution in [3.05, 3.63) is 28.5 Å². The van der Waals surface area contributed by atoms with Crippen molar-refractivity contribution < 1.29 is 0 Å². The molecular formula is C12H20BrN3. The number of nitrogens with zero attached hydrogens (tertiary/aromatic N) is 1. The molecule has 0 saturated heterocycles. The number of hydrogen-bond donors (Lipinski definition) is 2. The van der Waals surface area contributed by atoms with E-state index in [4.69, 9.17) is 5.84 Å². The summed E-state index contributed by atoms with van der Waals surface area (Å²) >= 11 is 3.38. The molecule has 0 aliphatic carbocycles. The molecule has 0 fully saturated rings. The Hall–Kier alpha value is -0.450. The van der Waals surface area contributed by atoms with Gasteiger partial charge in [-0.2, -0.15) is 0 Å². The lowest BCUT2D eigenvalue weighted by Crippen LogP contribution is -2.37. The van der Waals surface area contributed by atoms with Gasteiger partial charge in [0.15, 0.2) is 0 Å². The number of halogens is 1. The molecule has 0 bridgehead atoms. The molecule has 1 aromatic rings. The van der Waals surface area contributed by atoms with Crippen molar-refractivity contribution in [3.63, 3.8) is 0 Å². The van der Waals surface area contributed by atoms with Crippen LogP contribution in [0.5, 0.6) is 0 Å². The number of pyridine rings is 1. The number of aromatic nitrogens is 1. The molecule has 3 nitrogen and oxygen atoms in total. The quantitative estimate of drug-likeness (QED) is 0.624. The minimum Gasteiger partial charge on any atom is -0.271 e. The minimum atomic E-state index is 0.316. The summed E-state index contributed by atoms with van der Waals surface area (Å²) in [6.45, 7) is 4.46. The molecule has 1 unspecified atom stereocenters. The van der Waals surface area contributed by atoms with Gasteiger partial charge >= 0.3 is 0 Å². The lowest BCUT2D eigenvalue weighted by Gasteiger charge is -2.16. The highest BCUT2D eigenvalue weighted by Gasteiger charge is 2.09. The summed E-state index contributed by atoms with van der Waals surface area (Å²) in [6, 6.07) is 4.36. The fourth-order valence-electron chi connectivity index (χ4n) is 1.56. The topological polar surface area (TPSA) is 50.9 Å². The maximum absolute atomic E-state index is 5.55. The standard InChI is InChI=1S/C12H20BrN3/c1-9(2)3-5-12(16-14)7-11-6-4-10(13)8-15-11/h4,6,8-9,12,16H,3,5,7,14H2,1-2H3. The molecule has 3 N–H and O–H groups in total. The maximum Gasteiger partial charge on any atom is 0.0420 e. The van der Waals surface area contributed by atoms with Gasteiger partial charge in [0, 0.05) is 28.8 Å². The first kappa shape index (κ1) is 13.6. The highest BCUT2D eigenvalue weighted by Crippen LogP contribution is 2.12. The van der Waals surface area contributed by atoms with Crippen LogP contribution >= 0.6 is 15.9 Å². The third-order valence-electron chi connectivity index (χ3n) is 2.57. The van der Waals surface area contributed by atoms with E-state index in [1.807, 2.05) is 18.3 Å². The van der Waals surface area contributed by atoms with Gasteiger partial charge in [-0.25, -0.2) is 0 Å². The zero-order valence-corrected chi connectivity index (χ0v) is 11.5. The summed E-state index contributed by atoms with van der Waals surface area (Å²) in [5.41, 5.74) is 3.95. The molecule has 0 amide bonds. The second-order valence-electron chi connectivity index (χ2n) is 4.51. The molecule has 1 atom stereocenters. The van der Waals surface area contributed by atoms with Gasteiger partial charge in [0.05, 0.1) is 0 Å². The molecule has 0 saturated carbocycles. The Morgan fingerprint density at radius 2 is 2.12 bits per heavy atom.